The molecule has 1 N–H and O–H groups in total. The van der Waals surface area contributed by atoms with Gasteiger partial charge in [-0.25, -0.2) is 9.78 Å². The monoisotopic (exact) mass is 377 g/mol. The number of benzene rings is 2. The zero-order valence-corrected chi connectivity index (χ0v) is 15.2. The van der Waals surface area contributed by atoms with E-state index in [1.807, 2.05) is 37.3 Å². The molecular formula is C20H15N3O3S. The Bertz CT molecular complexity index is 1060. The Morgan fingerprint density at radius 1 is 1.07 bits per heavy atom. The lowest BCUT2D eigenvalue weighted by Gasteiger charge is -2.06. The van der Waals surface area contributed by atoms with E-state index in [9.17, 15) is 9.59 Å². The van der Waals surface area contributed by atoms with Gasteiger partial charge in [0.15, 0.2) is 0 Å². The molecule has 0 fully saturated rings. The molecule has 1 amide bonds. The van der Waals surface area contributed by atoms with Crippen LogP contribution in [0, 0.1) is 0 Å². The van der Waals surface area contributed by atoms with Crippen LogP contribution in [0.2, 0.25) is 0 Å². The van der Waals surface area contributed by atoms with Crippen molar-refractivity contribution >= 4 is 34.1 Å². The number of nitrogens with zero attached hydrogens (tertiary/aromatic N) is 3. The lowest BCUT2D eigenvalue weighted by atomic mass is 10.1. The number of aromatic nitrogens is 1. The Hall–Kier alpha value is -3.32. The fraction of sp³-hybridized carbons (Fsp3) is 0.100. The largest absolute Gasteiger partial charge is 0.478 e. The Balaban J connectivity index is 1.84. The number of carboxylic acids is 1. The van der Waals surface area contributed by atoms with E-state index in [1.54, 1.807) is 24.3 Å². The van der Waals surface area contributed by atoms with Crippen molar-refractivity contribution in [1.29, 1.82) is 0 Å². The van der Waals surface area contributed by atoms with Crippen molar-refractivity contribution in [3.8, 4) is 21.7 Å². The van der Waals surface area contributed by atoms with Crippen LogP contribution in [0.15, 0.2) is 59.7 Å². The standard InChI is InChI=1S/C20H15N3O3S/c1-12-11-16(24)23(22-12)20-21-17(13-7-9-15(10-8-13)19(25)26)18(27-20)14-5-3-2-4-6-14/h2-10H,11H2,1H3,(H,25,26). The highest BCUT2D eigenvalue weighted by Gasteiger charge is 2.27. The van der Waals surface area contributed by atoms with Crippen molar-refractivity contribution in [1.82, 2.24) is 4.98 Å². The molecule has 0 aliphatic carbocycles. The average molecular weight is 377 g/mol. The van der Waals surface area contributed by atoms with Crippen LogP contribution >= 0.6 is 11.3 Å². The molecule has 0 spiro atoms. The third kappa shape index (κ3) is 3.24. The van der Waals surface area contributed by atoms with E-state index in [0.717, 1.165) is 21.7 Å². The minimum Gasteiger partial charge on any atom is -0.478 e. The molecule has 2 heterocycles. The van der Waals surface area contributed by atoms with Crippen molar-refractivity contribution in [3.05, 3.63) is 60.2 Å². The van der Waals surface area contributed by atoms with E-state index in [4.69, 9.17) is 5.11 Å². The highest BCUT2D eigenvalue weighted by Crippen LogP contribution is 2.41. The zero-order valence-electron chi connectivity index (χ0n) is 14.4. The van der Waals surface area contributed by atoms with Crippen LogP contribution in [0.3, 0.4) is 0 Å². The summed E-state index contributed by atoms with van der Waals surface area (Å²) in [7, 11) is 0. The van der Waals surface area contributed by atoms with Gasteiger partial charge in [-0.15, -0.1) is 0 Å². The van der Waals surface area contributed by atoms with Gasteiger partial charge in [-0.05, 0) is 24.6 Å². The van der Waals surface area contributed by atoms with Gasteiger partial charge in [-0.1, -0.05) is 53.8 Å². The van der Waals surface area contributed by atoms with E-state index in [1.165, 1.54) is 16.3 Å². The molecule has 0 saturated heterocycles. The van der Waals surface area contributed by atoms with Gasteiger partial charge in [0.2, 0.25) is 5.13 Å². The van der Waals surface area contributed by atoms with Gasteiger partial charge in [0.1, 0.15) is 0 Å². The summed E-state index contributed by atoms with van der Waals surface area (Å²) in [6, 6.07) is 16.3. The Morgan fingerprint density at radius 2 is 1.78 bits per heavy atom. The van der Waals surface area contributed by atoms with Crippen LogP contribution in [0.4, 0.5) is 5.13 Å². The first-order valence-electron chi connectivity index (χ1n) is 8.30. The van der Waals surface area contributed by atoms with Gasteiger partial charge in [0, 0.05) is 11.3 Å². The molecule has 134 valence electrons. The fourth-order valence-electron chi connectivity index (χ4n) is 2.86. The quantitative estimate of drug-likeness (QED) is 0.735. The third-order valence-corrected chi connectivity index (χ3v) is 5.23. The van der Waals surface area contributed by atoms with Gasteiger partial charge in [-0.3, -0.25) is 4.79 Å². The molecule has 7 heteroatoms. The van der Waals surface area contributed by atoms with Crippen molar-refractivity contribution in [2.24, 2.45) is 5.10 Å². The summed E-state index contributed by atoms with van der Waals surface area (Å²) in [5.41, 5.74) is 3.43. The number of rotatable bonds is 4. The normalized spacial score (nSPS) is 13.7. The summed E-state index contributed by atoms with van der Waals surface area (Å²) in [4.78, 5) is 28.9. The van der Waals surface area contributed by atoms with Gasteiger partial charge in [0.05, 0.1) is 22.6 Å². The smallest absolute Gasteiger partial charge is 0.335 e. The average Bonchev–Trinajstić information content (AvgIpc) is 3.25. The molecule has 6 nitrogen and oxygen atoms in total. The number of carboxylic acid groups (broad SMARTS) is 1. The second-order valence-corrected chi connectivity index (χ2v) is 7.12. The molecule has 1 aliphatic heterocycles. The minimum absolute atomic E-state index is 0.103. The molecule has 3 aromatic rings. The summed E-state index contributed by atoms with van der Waals surface area (Å²) in [5, 5.41) is 15.3. The van der Waals surface area contributed by atoms with Crippen molar-refractivity contribution in [2.75, 3.05) is 5.01 Å². The van der Waals surface area contributed by atoms with Crippen LogP contribution in [0.1, 0.15) is 23.7 Å². The van der Waals surface area contributed by atoms with Crippen LogP contribution in [0.25, 0.3) is 21.7 Å². The third-order valence-electron chi connectivity index (χ3n) is 4.15. The highest BCUT2D eigenvalue weighted by atomic mass is 32.1. The van der Waals surface area contributed by atoms with Crippen molar-refractivity contribution in [3.63, 3.8) is 0 Å². The number of thiazole rings is 1. The predicted octanol–water partition coefficient (Wildman–Crippen LogP) is 4.29. The summed E-state index contributed by atoms with van der Waals surface area (Å²) in [6.07, 6.45) is 0.295. The SMILES string of the molecule is CC1=NN(c2nc(-c3ccc(C(=O)O)cc3)c(-c3ccccc3)s2)C(=O)C1. The number of carbonyl (C=O) groups excluding carboxylic acids is 1. The second-order valence-electron chi connectivity index (χ2n) is 6.14. The Kier molecular flexibility index (Phi) is 4.29. The van der Waals surface area contributed by atoms with Gasteiger partial charge >= 0.3 is 5.97 Å². The van der Waals surface area contributed by atoms with Crippen molar-refractivity contribution < 1.29 is 14.7 Å². The molecule has 0 unspecified atom stereocenters. The van der Waals surface area contributed by atoms with Gasteiger partial charge < -0.3 is 5.11 Å². The summed E-state index contributed by atoms with van der Waals surface area (Å²) < 4.78 is 0. The maximum absolute atomic E-state index is 12.2. The number of aromatic carboxylic acids is 1. The van der Waals surface area contributed by atoms with E-state index in [-0.39, 0.29) is 11.5 Å². The van der Waals surface area contributed by atoms with Gasteiger partial charge in [-0.2, -0.15) is 10.1 Å². The Morgan fingerprint density at radius 3 is 2.37 bits per heavy atom. The summed E-state index contributed by atoms with van der Waals surface area (Å²) >= 11 is 1.39. The van der Waals surface area contributed by atoms with Crippen molar-refractivity contribution in [2.45, 2.75) is 13.3 Å². The van der Waals surface area contributed by atoms with E-state index >= 15 is 0 Å². The van der Waals surface area contributed by atoms with Gasteiger partial charge in [0.25, 0.3) is 5.91 Å². The van der Waals surface area contributed by atoms with Crippen LogP contribution < -0.4 is 5.01 Å². The number of hydrazone groups is 1. The number of hydrogen-bond donors (Lipinski definition) is 1. The highest BCUT2D eigenvalue weighted by molar-refractivity contribution is 7.19. The topological polar surface area (TPSA) is 82.9 Å². The Labute approximate surface area is 159 Å². The molecule has 2 aromatic carbocycles. The molecule has 0 atom stereocenters. The summed E-state index contributed by atoms with van der Waals surface area (Å²) in [6.45, 7) is 1.81. The number of amides is 1. The molecule has 1 aliphatic rings. The lowest BCUT2D eigenvalue weighted by Crippen LogP contribution is -2.19. The van der Waals surface area contributed by atoms with E-state index in [2.05, 4.69) is 10.1 Å². The summed E-state index contributed by atoms with van der Waals surface area (Å²) in [5.74, 6) is -1.08. The first kappa shape index (κ1) is 17.1. The van der Waals surface area contributed by atoms with E-state index in [0.29, 0.717) is 17.2 Å². The van der Waals surface area contributed by atoms with E-state index < -0.39 is 5.97 Å². The molecular weight excluding hydrogens is 362 g/mol. The first-order chi connectivity index (χ1) is 13.0. The maximum atomic E-state index is 12.2. The number of hydrogen-bond acceptors (Lipinski definition) is 5. The molecule has 0 bridgehead atoms. The molecule has 0 saturated carbocycles. The molecule has 27 heavy (non-hydrogen) atoms. The predicted molar refractivity (Wildman–Crippen MR) is 105 cm³/mol. The minimum atomic E-state index is -0.976. The van der Waals surface area contributed by atoms with Crippen LogP contribution in [-0.4, -0.2) is 27.7 Å². The molecule has 0 radical (unpaired) electrons. The van der Waals surface area contributed by atoms with Crippen LogP contribution in [0.5, 0.6) is 0 Å². The first-order valence-corrected chi connectivity index (χ1v) is 9.11. The van der Waals surface area contributed by atoms with Crippen LogP contribution in [-0.2, 0) is 4.79 Å². The lowest BCUT2D eigenvalue weighted by molar-refractivity contribution is -0.116. The molecule has 4 rings (SSSR count). The molecule has 1 aromatic heterocycles. The zero-order chi connectivity index (χ0) is 19.0. The second kappa shape index (κ2) is 6.77. The number of anilines is 1. The fourth-order valence-corrected chi connectivity index (χ4v) is 3.92. The maximum Gasteiger partial charge on any atom is 0.335 e. The number of carbonyl (C=O) groups is 2.